The summed E-state index contributed by atoms with van der Waals surface area (Å²) >= 11 is 0. The van der Waals surface area contributed by atoms with E-state index in [1.54, 1.807) is 0 Å². The van der Waals surface area contributed by atoms with E-state index in [-0.39, 0.29) is 0 Å². The minimum atomic E-state index is 0.833. The molecule has 0 aliphatic heterocycles. The van der Waals surface area contributed by atoms with Crippen molar-refractivity contribution in [1.29, 1.82) is 0 Å². The van der Waals surface area contributed by atoms with Gasteiger partial charge in [0.15, 0.2) is 0 Å². The maximum Gasteiger partial charge on any atom is -0.0184 e. The Labute approximate surface area is 172 Å². The van der Waals surface area contributed by atoms with Crippen LogP contribution in [0, 0.1) is 11.8 Å². The summed E-state index contributed by atoms with van der Waals surface area (Å²) in [6, 6.07) is 33.4. The average molecular weight is 373 g/mol. The van der Waals surface area contributed by atoms with E-state index >= 15 is 0 Å². The Balaban J connectivity index is 0.000000206. The molecule has 0 bridgehead atoms. The molecule has 0 fully saturated rings. The van der Waals surface area contributed by atoms with Gasteiger partial charge in [-0.1, -0.05) is 139 Å². The fraction of sp³-hybridized carbons (Fsp3) is 0.286. The predicted octanol–water partition coefficient (Wildman–Crippen LogP) is 9.00. The minimum Gasteiger partial charge on any atom is -0.0630 e. The van der Waals surface area contributed by atoms with Crippen LogP contribution in [-0.2, 0) is 0 Å². The summed E-state index contributed by atoms with van der Waals surface area (Å²) < 4.78 is 0. The lowest BCUT2D eigenvalue weighted by molar-refractivity contribution is 0.736. The summed E-state index contributed by atoms with van der Waals surface area (Å²) in [4.78, 5) is 0. The van der Waals surface area contributed by atoms with Gasteiger partial charge in [0, 0.05) is 0 Å². The molecule has 0 aromatic heterocycles. The highest BCUT2D eigenvalue weighted by Crippen LogP contribution is 2.12. The Hall–Kier alpha value is -2.60. The molecule has 0 unspecified atom stereocenters. The van der Waals surface area contributed by atoms with E-state index in [0.29, 0.717) is 0 Å². The van der Waals surface area contributed by atoms with Crippen molar-refractivity contribution < 1.29 is 0 Å². The van der Waals surface area contributed by atoms with Gasteiger partial charge < -0.3 is 0 Å². The maximum atomic E-state index is 2.17. The smallest absolute Gasteiger partial charge is 0.0184 e. The van der Waals surface area contributed by atoms with E-state index in [1.807, 2.05) is 0 Å². The normalized spacial score (nSPS) is 9.71. The van der Waals surface area contributed by atoms with Gasteiger partial charge >= 0.3 is 0 Å². The summed E-state index contributed by atoms with van der Waals surface area (Å²) in [6.45, 7) is 13.0. The Kier molecular flexibility index (Phi) is 11.3. The Morgan fingerprint density at radius 3 is 0.536 bits per heavy atom. The molecule has 0 aliphatic rings. The average Bonchev–Trinajstić information content (AvgIpc) is 2.68. The van der Waals surface area contributed by atoms with Crippen molar-refractivity contribution >= 4 is 21.5 Å². The van der Waals surface area contributed by atoms with Gasteiger partial charge in [-0.2, -0.15) is 0 Å². The molecule has 0 saturated heterocycles. The summed E-state index contributed by atoms with van der Waals surface area (Å²) in [5.41, 5.74) is 0. The zero-order chi connectivity index (χ0) is 20.8. The molecule has 0 nitrogen and oxygen atoms in total. The van der Waals surface area contributed by atoms with Crippen LogP contribution in [0.5, 0.6) is 0 Å². The molecular formula is C28H36. The lowest BCUT2D eigenvalue weighted by atomic mass is 10.1. The second kappa shape index (κ2) is 13.6. The van der Waals surface area contributed by atoms with Gasteiger partial charge in [-0.25, -0.2) is 0 Å². The fourth-order valence-electron chi connectivity index (χ4n) is 2.27. The van der Waals surface area contributed by atoms with Crippen LogP contribution in [0.4, 0.5) is 0 Å². The van der Waals surface area contributed by atoms with Crippen LogP contribution in [0.25, 0.3) is 21.5 Å². The summed E-state index contributed by atoms with van der Waals surface area (Å²) in [6.07, 6.45) is 0. The molecule has 0 N–H and O–H groups in total. The molecular weight excluding hydrogens is 336 g/mol. The molecule has 4 aromatic carbocycles. The molecule has 4 aromatic rings. The molecule has 0 amide bonds. The van der Waals surface area contributed by atoms with Crippen LogP contribution in [0.3, 0.4) is 0 Å². The first-order valence-electron chi connectivity index (χ1n) is 10.3. The van der Waals surface area contributed by atoms with Crippen molar-refractivity contribution in [3.8, 4) is 0 Å². The van der Waals surface area contributed by atoms with Crippen molar-refractivity contribution in [3.05, 3.63) is 97.1 Å². The van der Waals surface area contributed by atoms with E-state index in [4.69, 9.17) is 0 Å². The van der Waals surface area contributed by atoms with Crippen molar-refractivity contribution in [3.63, 3.8) is 0 Å². The zero-order valence-corrected chi connectivity index (χ0v) is 18.4. The number of hydrogen-bond acceptors (Lipinski definition) is 0. The van der Waals surface area contributed by atoms with E-state index in [2.05, 4.69) is 139 Å². The molecule has 0 aliphatic carbocycles. The predicted molar refractivity (Wildman–Crippen MR) is 129 cm³/mol. The Bertz CT molecular complexity index is 690. The molecule has 0 atom stereocenters. The van der Waals surface area contributed by atoms with Crippen LogP contribution in [0.1, 0.15) is 41.5 Å². The third-order valence-electron chi connectivity index (χ3n) is 3.32. The topological polar surface area (TPSA) is 0 Å². The van der Waals surface area contributed by atoms with Gasteiger partial charge in [0.25, 0.3) is 0 Å². The fourth-order valence-corrected chi connectivity index (χ4v) is 2.27. The van der Waals surface area contributed by atoms with Gasteiger partial charge in [0.05, 0.1) is 0 Å². The molecule has 0 saturated carbocycles. The van der Waals surface area contributed by atoms with Gasteiger partial charge in [-0.05, 0) is 33.4 Å². The summed E-state index contributed by atoms with van der Waals surface area (Å²) in [7, 11) is 0. The van der Waals surface area contributed by atoms with Crippen LogP contribution < -0.4 is 0 Å². The standard InChI is InChI=1S/2C10H8.2C4H10/c2*1-2-6-10-8-4-3-7-9(10)5-1;2*1-4(2)3/h2*1-8H;2*4H,1-3H3. The van der Waals surface area contributed by atoms with Crippen molar-refractivity contribution in [2.24, 2.45) is 11.8 Å². The summed E-state index contributed by atoms with van der Waals surface area (Å²) in [5, 5.41) is 5.24. The zero-order valence-electron chi connectivity index (χ0n) is 18.4. The number of benzene rings is 4. The Morgan fingerprint density at radius 2 is 0.429 bits per heavy atom. The van der Waals surface area contributed by atoms with E-state index in [0.717, 1.165) is 11.8 Å². The van der Waals surface area contributed by atoms with Gasteiger partial charge in [0.2, 0.25) is 0 Å². The van der Waals surface area contributed by atoms with Crippen LogP contribution in [0.2, 0.25) is 0 Å². The minimum absolute atomic E-state index is 0.833. The molecule has 0 radical (unpaired) electrons. The second-order valence-corrected chi connectivity index (χ2v) is 8.16. The maximum absolute atomic E-state index is 2.17. The van der Waals surface area contributed by atoms with Gasteiger partial charge in [0.1, 0.15) is 0 Å². The SMILES string of the molecule is CC(C)C.CC(C)C.c1ccc2ccccc2c1.c1ccc2ccccc2c1. The first-order chi connectivity index (χ1) is 13.4. The second-order valence-electron chi connectivity index (χ2n) is 8.16. The third-order valence-corrected chi connectivity index (χ3v) is 3.32. The highest BCUT2D eigenvalue weighted by Gasteiger charge is 1.86. The first kappa shape index (κ1) is 23.4. The molecule has 28 heavy (non-hydrogen) atoms. The lowest BCUT2D eigenvalue weighted by Gasteiger charge is -1.92. The molecule has 148 valence electrons. The summed E-state index contributed by atoms with van der Waals surface area (Å²) in [5.74, 6) is 1.67. The largest absolute Gasteiger partial charge is 0.0630 e. The van der Waals surface area contributed by atoms with Crippen LogP contribution in [0.15, 0.2) is 97.1 Å². The van der Waals surface area contributed by atoms with Crippen molar-refractivity contribution in [2.45, 2.75) is 41.5 Å². The third kappa shape index (κ3) is 10.5. The first-order valence-corrected chi connectivity index (χ1v) is 10.3. The monoisotopic (exact) mass is 372 g/mol. The van der Waals surface area contributed by atoms with E-state index in [1.165, 1.54) is 21.5 Å². The Morgan fingerprint density at radius 1 is 0.321 bits per heavy atom. The number of rotatable bonds is 0. The lowest BCUT2D eigenvalue weighted by Crippen LogP contribution is -1.67. The number of fused-ring (bicyclic) bond motifs is 2. The van der Waals surface area contributed by atoms with Crippen molar-refractivity contribution in [1.82, 2.24) is 0 Å². The highest BCUT2D eigenvalue weighted by molar-refractivity contribution is 5.82. The van der Waals surface area contributed by atoms with E-state index < -0.39 is 0 Å². The van der Waals surface area contributed by atoms with Crippen LogP contribution >= 0.6 is 0 Å². The van der Waals surface area contributed by atoms with Gasteiger partial charge in [-0.3, -0.25) is 0 Å². The van der Waals surface area contributed by atoms with E-state index in [9.17, 15) is 0 Å². The molecule has 0 spiro atoms. The van der Waals surface area contributed by atoms with Gasteiger partial charge in [-0.15, -0.1) is 0 Å². The number of hydrogen-bond donors (Lipinski definition) is 0. The molecule has 0 heteroatoms. The molecule has 4 rings (SSSR count). The highest BCUT2D eigenvalue weighted by atomic mass is 13.9. The quantitative estimate of drug-likeness (QED) is 0.289. The molecule has 0 heterocycles. The van der Waals surface area contributed by atoms with Crippen LogP contribution in [-0.4, -0.2) is 0 Å². The van der Waals surface area contributed by atoms with Crippen molar-refractivity contribution in [2.75, 3.05) is 0 Å².